The number of benzene rings is 2. The van der Waals surface area contributed by atoms with E-state index in [2.05, 4.69) is 5.32 Å². The Hall–Kier alpha value is -3.19. The van der Waals surface area contributed by atoms with E-state index < -0.39 is 0 Å². The van der Waals surface area contributed by atoms with E-state index in [1.165, 1.54) is 0 Å². The standard InChI is InChI=1S/C21H18ClN3O4/c22-13-5-7-15(8-6-13)25-12-14(11-19(25)27)23-18(26)9-10-24-20(28)16-3-1-2-4-17(16)21(24)29/h1-8,14H,9-12H2,(H,23,26). The first-order chi connectivity index (χ1) is 13.9. The van der Waals surface area contributed by atoms with Gasteiger partial charge in [0, 0.05) is 36.6 Å². The Morgan fingerprint density at radius 1 is 1.00 bits per heavy atom. The van der Waals surface area contributed by atoms with E-state index in [0.29, 0.717) is 22.7 Å². The third-order valence-corrected chi connectivity index (χ3v) is 5.32. The normalized spacial score (nSPS) is 18.4. The quantitative estimate of drug-likeness (QED) is 0.764. The maximum Gasteiger partial charge on any atom is 0.261 e. The van der Waals surface area contributed by atoms with Crippen LogP contribution >= 0.6 is 11.6 Å². The molecule has 2 heterocycles. The summed E-state index contributed by atoms with van der Waals surface area (Å²) >= 11 is 5.88. The molecule has 2 aliphatic rings. The zero-order valence-corrected chi connectivity index (χ0v) is 16.2. The maximum absolute atomic E-state index is 12.3. The van der Waals surface area contributed by atoms with Gasteiger partial charge in [0.05, 0.1) is 17.2 Å². The highest BCUT2D eigenvalue weighted by Crippen LogP contribution is 2.24. The molecule has 0 bridgehead atoms. The third-order valence-electron chi connectivity index (χ3n) is 5.07. The van der Waals surface area contributed by atoms with Gasteiger partial charge in [-0.15, -0.1) is 0 Å². The minimum absolute atomic E-state index is 0.000253. The first-order valence-corrected chi connectivity index (χ1v) is 9.62. The van der Waals surface area contributed by atoms with Crippen LogP contribution in [0.2, 0.25) is 5.02 Å². The predicted octanol–water partition coefficient (Wildman–Crippen LogP) is 2.25. The molecule has 0 spiro atoms. The van der Waals surface area contributed by atoms with Crippen LogP contribution in [0.1, 0.15) is 33.6 Å². The number of imide groups is 1. The maximum atomic E-state index is 12.3. The van der Waals surface area contributed by atoms with Gasteiger partial charge in [-0.3, -0.25) is 24.1 Å². The second-order valence-corrected chi connectivity index (χ2v) is 7.44. The molecule has 0 radical (unpaired) electrons. The SMILES string of the molecule is O=C(CCN1C(=O)c2ccccc2C1=O)NC1CC(=O)N(c2ccc(Cl)cc2)C1. The molecule has 2 aliphatic heterocycles. The summed E-state index contributed by atoms with van der Waals surface area (Å²) < 4.78 is 0. The number of carbonyl (C=O) groups is 4. The average molecular weight is 412 g/mol. The van der Waals surface area contributed by atoms with Crippen molar-refractivity contribution in [3.63, 3.8) is 0 Å². The smallest absolute Gasteiger partial charge is 0.261 e. The van der Waals surface area contributed by atoms with Gasteiger partial charge in [0.15, 0.2) is 0 Å². The van der Waals surface area contributed by atoms with Crippen LogP contribution in [0.15, 0.2) is 48.5 Å². The second kappa shape index (κ2) is 7.67. The molecule has 0 aliphatic carbocycles. The fourth-order valence-corrected chi connectivity index (χ4v) is 3.76. The summed E-state index contributed by atoms with van der Waals surface area (Å²) in [7, 11) is 0. The lowest BCUT2D eigenvalue weighted by molar-refractivity contribution is -0.121. The van der Waals surface area contributed by atoms with Crippen LogP contribution in [0.4, 0.5) is 5.69 Å². The zero-order chi connectivity index (χ0) is 20.5. The summed E-state index contributed by atoms with van der Waals surface area (Å²) in [6.45, 7) is 0.360. The summed E-state index contributed by atoms with van der Waals surface area (Å²) in [6.07, 6.45) is 0.179. The van der Waals surface area contributed by atoms with Gasteiger partial charge in [-0.1, -0.05) is 23.7 Å². The first kappa shape index (κ1) is 19.1. The summed E-state index contributed by atoms with van der Waals surface area (Å²) in [4.78, 5) is 52.0. The van der Waals surface area contributed by atoms with Crippen LogP contribution in [0.5, 0.6) is 0 Å². The Balaban J connectivity index is 1.32. The molecule has 1 N–H and O–H groups in total. The summed E-state index contributed by atoms with van der Waals surface area (Å²) in [5.74, 6) is -1.16. The molecule has 0 aromatic heterocycles. The van der Waals surface area contributed by atoms with Crippen LogP contribution < -0.4 is 10.2 Å². The molecule has 1 atom stereocenters. The molecule has 8 heteroatoms. The Bertz CT molecular complexity index is 970. The average Bonchev–Trinajstić information content (AvgIpc) is 3.19. The second-order valence-electron chi connectivity index (χ2n) is 7.01. The van der Waals surface area contributed by atoms with Crippen molar-refractivity contribution in [1.29, 1.82) is 0 Å². The van der Waals surface area contributed by atoms with Gasteiger partial charge >= 0.3 is 0 Å². The minimum Gasteiger partial charge on any atom is -0.351 e. The summed E-state index contributed by atoms with van der Waals surface area (Å²) in [5.41, 5.74) is 1.44. The molecular formula is C21H18ClN3O4. The largest absolute Gasteiger partial charge is 0.351 e. The van der Waals surface area contributed by atoms with Crippen molar-refractivity contribution in [3.8, 4) is 0 Å². The topological polar surface area (TPSA) is 86.8 Å². The van der Waals surface area contributed by atoms with Gasteiger partial charge < -0.3 is 10.2 Å². The summed E-state index contributed by atoms with van der Waals surface area (Å²) in [6, 6.07) is 13.2. The van der Waals surface area contributed by atoms with Gasteiger partial charge in [-0.25, -0.2) is 0 Å². The molecular weight excluding hydrogens is 394 g/mol. The lowest BCUT2D eigenvalue weighted by Crippen LogP contribution is -2.39. The number of halogens is 1. The van der Waals surface area contributed by atoms with Crippen LogP contribution in [0.25, 0.3) is 0 Å². The number of nitrogens with one attached hydrogen (secondary N) is 1. The fraction of sp³-hybridized carbons (Fsp3) is 0.238. The van der Waals surface area contributed by atoms with Crippen molar-refractivity contribution in [3.05, 3.63) is 64.7 Å². The Kier molecular flexibility index (Phi) is 5.07. The molecule has 29 heavy (non-hydrogen) atoms. The Morgan fingerprint density at radius 2 is 1.62 bits per heavy atom. The highest BCUT2D eigenvalue weighted by atomic mass is 35.5. The molecule has 7 nitrogen and oxygen atoms in total. The monoisotopic (exact) mass is 411 g/mol. The fourth-order valence-electron chi connectivity index (χ4n) is 3.63. The van der Waals surface area contributed by atoms with Crippen molar-refractivity contribution in [2.45, 2.75) is 18.9 Å². The molecule has 2 aromatic rings. The lowest BCUT2D eigenvalue weighted by Gasteiger charge is -2.18. The first-order valence-electron chi connectivity index (χ1n) is 9.24. The minimum atomic E-state index is -0.386. The lowest BCUT2D eigenvalue weighted by atomic mass is 10.1. The highest BCUT2D eigenvalue weighted by molar-refractivity contribution is 6.30. The van der Waals surface area contributed by atoms with Crippen molar-refractivity contribution >= 4 is 40.9 Å². The van der Waals surface area contributed by atoms with Crippen LogP contribution in [0, 0.1) is 0 Å². The Morgan fingerprint density at radius 3 is 2.24 bits per heavy atom. The van der Waals surface area contributed by atoms with Gasteiger partial charge in [-0.05, 0) is 36.4 Å². The molecule has 0 saturated carbocycles. The van der Waals surface area contributed by atoms with Crippen molar-refractivity contribution in [1.82, 2.24) is 10.2 Å². The number of anilines is 1. The number of carbonyl (C=O) groups excluding carboxylic acids is 4. The zero-order valence-electron chi connectivity index (χ0n) is 15.4. The van der Waals surface area contributed by atoms with Crippen LogP contribution in [-0.2, 0) is 9.59 Å². The van der Waals surface area contributed by atoms with Gasteiger partial charge in [0.25, 0.3) is 11.8 Å². The van der Waals surface area contributed by atoms with Crippen LogP contribution in [0.3, 0.4) is 0 Å². The van der Waals surface area contributed by atoms with Crippen molar-refractivity contribution in [2.75, 3.05) is 18.0 Å². The van der Waals surface area contributed by atoms with E-state index in [0.717, 1.165) is 10.6 Å². The number of nitrogens with zero attached hydrogens (tertiary/aromatic N) is 2. The van der Waals surface area contributed by atoms with E-state index in [4.69, 9.17) is 11.6 Å². The van der Waals surface area contributed by atoms with E-state index in [9.17, 15) is 19.2 Å². The van der Waals surface area contributed by atoms with Crippen LogP contribution in [-0.4, -0.2) is 47.7 Å². The predicted molar refractivity (Wildman–Crippen MR) is 107 cm³/mol. The third kappa shape index (κ3) is 3.73. The number of hydrogen-bond acceptors (Lipinski definition) is 4. The van der Waals surface area contributed by atoms with Gasteiger partial charge in [0.2, 0.25) is 11.8 Å². The number of amides is 4. The molecule has 1 saturated heterocycles. The number of rotatable bonds is 5. The molecule has 2 aromatic carbocycles. The molecule has 1 fully saturated rings. The van der Waals surface area contributed by atoms with Gasteiger partial charge in [-0.2, -0.15) is 0 Å². The summed E-state index contributed by atoms with van der Waals surface area (Å²) in [5, 5.41) is 3.40. The molecule has 4 amide bonds. The van der Waals surface area contributed by atoms with E-state index >= 15 is 0 Å². The van der Waals surface area contributed by atoms with E-state index in [1.54, 1.807) is 53.4 Å². The van der Waals surface area contributed by atoms with Crippen molar-refractivity contribution in [2.24, 2.45) is 0 Å². The number of hydrogen-bond donors (Lipinski definition) is 1. The molecule has 148 valence electrons. The van der Waals surface area contributed by atoms with Crippen molar-refractivity contribution < 1.29 is 19.2 Å². The highest BCUT2D eigenvalue weighted by Gasteiger charge is 2.36. The Labute approximate surface area is 172 Å². The number of fused-ring (bicyclic) bond motifs is 1. The molecule has 4 rings (SSSR count). The van der Waals surface area contributed by atoms with E-state index in [1.807, 2.05) is 0 Å². The molecule has 1 unspecified atom stereocenters. The van der Waals surface area contributed by atoms with E-state index in [-0.39, 0.29) is 49.1 Å². The van der Waals surface area contributed by atoms with Gasteiger partial charge in [0.1, 0.15) is 0 Å².